The van der Waals surface area contributed by atoms with Crippen LogP contribution in [0.25, 0.3) is 0 Å². The van der Waals surface area contributed by atoms with Crippen molar-refractivity contribution in [2.24, 2.45) is 7.05 Å². The van der Waals surface area contributed by atoms with Crippen molar-refractivity contribution in [2.45, 2.75) is 6.54 Å². The maximum atomic E-state index is 13.0. The van der Waals surface area contributed by atoms with Gasteiger partial charge in [0.25, 0.3) is 0 Å². The summed E-state index contributed by atoms with van der Waals surface area (Å²) < 4.78 is 14.7. The molecule has 2 rings (SSSR count). The van der Waals surface area contributed by atoms with Gasteiger partial charge in [0, 0.05) is 12.7 Å². The van der Waals surface area contributed by atoms with Crippen molar-refractivity contribution in [1.29, 1.82) is 5.26 Å². The maximum absolute atomic E-state index is 13.0. The lowest BCUT2D eigenvalue weighted by Gasteiger charge is -2.09. The molecule has 6 heteroatoms. The van der Waals surface area contributed by atoms with Crippen LogP contribution in [-0.2, 0) is 13.6 Å². The van der Waals surface area contributed by atoms with E-state index in [4.69, 9.17) is 28.5 Å². The fourth-order valence-electron chi connectivity index (χ4n) is 1.71. The second-order valence-electron chi connectivity index (χ2n) is 3.99. The lowest BCUT2D eigenvalue weighted by Crippen LogP contribution is -2.05. The summed E-state index contributed by atoms with van der Waals surface area (Å²) in [5.41, 5.74) is 1.69. The summed E-state index contributed by atoms with van der Waals surface area (Å²) in [6.07, 6.45) is 0. The van der Waals surface area contributed by atoms with Crippen molar-refractivity contribution in [2.75, 3.05) is 5.32 Å². The molecule has 3 nitrogen and oxygen atoms in total. The predicted molar refractivity (Wildman–Crippen MR) is 73.9 cm³/mol. The smallest absolute Gasteiger partial charge is 0.127 e. The number of nitrogens with one attached hydrogen (secondary N) is 1. The quantitative estimate of drug-likeness (QED) is 0.932. The summed E-state index contributed by atoms with van der Waals surface area (Å²) in [5.74, 6) is -0.438. The van der Waals surface area contributed by atoms with Crippen molar-refractivity contribution in [3.05, 3.63) is 51.5 Å². The van der Waals surface area contributed by atoms with Crippen LogP contribution in [0.5, 0.6) is 0 Å². The fourth-order valence-corrected chi connectivity index (χ4v) is 2.12. The van der Waals surface area contributed by atoms with Gasteiger partial charge in [-0.2, -0.15) is 5.26 Å². The van der Waals surface area contributed by atoms with Crippen molar-refractivity contribution in [3.8, 4) is 6.07 Å². The third-order valence-corrected chi connectivity index (χ3v) is 3.62. The fraction of sp³-hybridized carbons (Fsp3) is 0.154. The zero-order valence-electron chi connectivity index (χ0n) is 10.0. The SMILES string of the molecule is Cn1c(CNc2ccc(F)cc2C#N)cc(Cl)c1Cl. The van der Waals surface area contributed by atoms with Crippen LogP contribution in [0.15, 0.2) is 24.3 Å². The molecular weight excluding hydrogens is 288 g/mol. The first kappa shape index (κ1) is 13.7. The van der Waals surface area contributed by atoms with Gasteiger partial charge in [-0.25, -0.2) is 4.39 Å². The number of benzene rings is 1. The molecule has 19 heavy (non-hydrogen) atoms. The van der Waals surface area contributed by atoms with Crippen molar-refractivity contribution in [1.82, 2.24) is 4.57 Å². The number of hydrogen-bond acceptors (Lipinski definition) is 2. The first-order valence-corrected chi connectivity index (χ1v) is 6.21. The molecule has 0 saturated carbocycles. The Kier molecular flexibility index (Phi) is 3.98. The second kappa shape index (κ2) is 5.52. The summed E-state index contributed by atoms with van der Waals surface area (Å²) in [5, 5.41) is 12.9. The van der Waals surface area contributed by atoms with Crippen LogP contribution in [0, 0.1) is 17.1 Å². The summed E-state index contributed by atoms with van der Waals surface area (Å²) in [4.78, 5) is 0. The first-order chi connectivity index (χ1) is 9.02. The van der Waals surface area contributed by atoms with Gasteiger partial charge >= 0.3 is 0 Å². The Hall–Kier alpha value is -1.70. The number of hydrogen-bond donors (Lipinski definition) is 1. The van der Waals surface area contributed by atoms with Gasteiger partial charge in [-0.1, -0.05) is 23.2 Å². The van der Waals surface area contributed by atoms with Crippen LogP contribution in [0.2, 0.25) is 10.2 Å². The third kappa shape index (κ3) is 2.83. The Morgan fingerprint density at radius 2 is 2.11 bits per heavy atom. The van der Waals surface area contributed by atoms with Crippen LogP contribution in [0.4, 0.5) is 10.1 Å². The molecule has 0 aliphatic carbocycles. The Balaban J connectivity index is 2.19. The maximum Gasteiger partial charge on any atom is 0.127 e. The number of halogens is 3. The van der Waals surface area contributed by atoms with E-state index in [1.165, 1.54) is 18.2 Å². The minimum Gasteiger partial charge on any atom is -0.378 e. The van der Waals surface area contributed by atoms with Crippen molar-refractivity contribution in [3.63, 3.8) is 0 Å². The number of nitriles is 1. The topological polar surface area (TPSA) is 40.8 Å². The van der Waals surface area contributed by atoms with E-state index in [0.29, 0.717) is 22.4 Å². The molecule has 0 radical (unpaired) electrons. The number of anilines is 1. The predicted octanol–water partition coefficient (Wildman–Crippen LogP) is 3.95. The average Bonchev–Trinajstić information content (AvgIpc) is 2.64. The van der Waals surface area contributed by atoms with Crippen LogP contribution >= 0.6 is 23.2 Å². The lowest BCUT2D eigenvalue weighted by molar-refractivity contribution is 0.627. The van der Waals surface area contributed by atoms with E-state index in [1.807, 2.05) is 6.07 Å². The Morgan fingerprint density at radius 1 is 1.37 bits per heavy atom. The molecule has 0 aliphatic heterocycles. The third-order valence-electron chi connectivity index (χ3n) is 2.78. The Morgan fingerprint density at radius 3 is 2.68 bits per heavy atom. The van der Waals surface area contributed by atoms with Gasteiger partial charge in [0.15, 0.2) is 0 Å². The van der Waals surface area contributed by atoms with Gasteiger partial charge in [0.1, 0.15) is 17.0 Å². The molecule has 0 saturated heterocycles. The highest BCUT2D eigenvalue weighted by molar-refractivity contribution is 6.41. The molecule has 0 amide bonds. The van der Waals surface area contributed by atoms with Crippen LogP contribution in [0.3, 0.4) is 0 Å². The van der Waals surface area contributed by atoms with Gasteiger partial charge in [0.05, 0.1) is 22.8 Å². The summed E-state index contributed by atoms with van der Waals surface area (Å²) in [7, 11) is 1.79. The molecule has 1 N–H and O–H groups in total. The van der Waals surface area contributed by atoms with E-state index < -0.39 is 5.82 Å². The monoisotopic (exact) mass is 297 g/mol. The summed E-state index contributed by atoms with van der Waals surface area (Å²) in [6.45, 7) is 0.434. The highest BCUT2D eigenvalue weighted by atomic mass is 35.5. The number of rotatable bonds is 3. The highest BCUT2D eigenvalue weighted by Crippen LogP contribution is 2.26. The molecule has 0 atom stereocenters. The van der Waals surface area contributed by atoms with Crippen molar-refractivity contribution >= 4 is 28.9 Å². The number of aromatic nitrogens is 1. The molecule has 1 aromatic heterocycles. The van der Waals surface area contributed by atoms with Crippen LogP contribution in [-0.4, -0.2) is 4.57 Å². The van der Waals surface area contributed by atoms with E-state index in [2.05, 4.69) is 5.32 Å². The average molecular weight is 298 g/mol. The molecule has 0 fully saturated rings. The molecule has 1 heterocycles. The van der Waals surface area contributed by atoms with Gasteiger partial charge in [0.2, 0.25) is 0 Å². The molecule has 98 valence electrons. The van der Waals surface area contributed by atoms with Gasteiger partial charge in [-0.15, -0.1) is 0 Å². The highest BCUT2D eigenvalue weighted by Gasteiger charge is 2.09. The van der Waals surface area contributed by atoms with E-state index in [0.717, 1.165) is 5.69 Å². The Labute approximate surface area is 120 Å². The first-order valence-electron chi connectivity index (χ1n) is 5.46. The number of nitrogens with zero attached hydrogens (tertiary/aromatic N) is 2. The van der Waals surface area contributed by atoms with E-state index in [1.54, 1.807) is 17.7 Å². The zero-order chi connectivity index (χ0) is 14.0. The normalized spacial score (nSPS) is 10.3. The van der Waals surface area contributed by atoms with E-state index in [9.17, 15) is 4.39 Å². The molecule has 2 aromatic rings. The molecule has 0 bridgehead atoms. The van der Waals surface area contributed by atoms with Gasteiger partial charge < -0.3 is 9.88 Å². The van der Waals surface area contributed by atoms with E-state index in [-0.39, 0.29) is 5.56 Å². The van der Waals surface area contributed by atoms with Gasteiger partial charge in [-0.05, 0) is 24.3 Å². The minimum atomic E-state index is -0.438. The molecule has 0 aliphatic rings. The Bertz CT molecular complexity index is 659. The van der Waals surface area contributed by atoms with Gasteiger partial charge in [-0.3, -0.25) is 0 Å². The molecule has 0 spiro atoms. The minimum absolute atomic E-state index is 0.256. The lowest BCUT2D eigenvalue weighted by atomic mass is 10.2. The van der Waals surface area contributed by atoms with Crippen LogP contribution in [0.1, 0.15) is 11.3 Å². The summed E-state index contributed by atoms with van der Waals surface area (Å²) >= 11 is 11.9. The molecule has 0 unspecified atom stereocenters. The van der Waals surface area contributed by atoms with Crippen LogP contribution < -0.4 is 5.32 Å². The van der Waals surface area contributed by atoms with Crippen molar-refractivity contribution < 1.29 is 4.39 Å². The summed E-state index contributed by atoms with van der Waals surface area (Å²) in [6, 6.07) is 7.70. The second-order valence-corrected chi connectivity index (χ2v) is 4.75. The molecule has 1 aromatic carbocycles. The van der Waals surface area contributed by atoms with E-state index >= 15 is 0 Å². The molecular formula is C13H10Cl2FN3. The zero-order valence-corrected chi connectivity index (χ0v) is 11.6. The largest absolute Gasteiger partial charge is 0.378 e. The standard InChI is InChI=1S/C13H10Cl2FN3/c1-19-10(5-11(14)13(19)15)7-18-12-3-2-9(16)4-8(12)6-17/h2-5,18H,7H2,1H3.